The van der Waals surface area contributed by atoms with Crippen molar-refractivity contribution in [2.24, 2.45) is 4.99 Å². The summed E-state index contributed by atoms with van der Waals surface area (Å²) in [6.07, 6.45) is -4.36. The number of nitrogens with zero attached hydrogens (tertiary/aromatic N) is 3. The van der Waals surface area contributed by atoms with Crippen LogP contribution < -0.4 is 10.6 Å². The van der Waals surface area contributed by atoms with Crippen molar-refractivity contribution in [2.75, 3.05) is 46.8 Å². The van der Waals surface area contributed by atoms with Crippen LogP contribution in [0.5, 0.6) is 0 Å². The van der Waals surface area contributed by atoms with Gasteiger partial charge in [0.15, 0.2) is 5.96 Å². The number of nitrogens with one attached hydrogen (secondary N) is 2. The molecule has 1 rings (SSSR count). The van der Waals surface area contributed by atoms with Crippen LogP contribution in [0.2, 0.25) is 0 Å². The molecule has 1 atom stereocenters. The van der Waals surface area contributed by atoms with Crippen LogP contribution in [0.4, 0.5) is 13.2 Å². The van der Waals surface area contributed by atoms with Gasteiger partial charge in [0.2, 0.25) is 5.91 Å². The Kier molecular flexibility index (Phi) is 9.94. The third-order valence-corrected chi connectivity index (χ3v) is 4.55. The molecule has 0 heterocycles. The molecule has 0 bridgehead atoms. The molecule has 1 amide bonds. The maximum Gasteiger partial charge on any atom is 0.416 e. The molecule has 0 saturated heterocycles. The molecule has 0 aliphatic carbocycles. The molecule has 0 fully saturated rings. The topological polar surface area (TPSA) is 60.0 Å². The van der Waals surface area contributed by atoms with Gasteiger partial charge in [-0.05, 0) is 37.7 Å². The van der Waals surface area contributed by atoms with Gasteiger partial charge in [0.05, 0.1) is 11.6 Å². The maximum atomic E-state index is 12.9. The van der Waals surface area contributed by atoms with E-state index in [1.807, 2.05) is 20.8 Å². The van der Waals surface area contributed by atoms with Crippen molar-refractivity contribution in [1.82, 2.24) is 20.4 Å². The van der Waals surface area contributed by atoms with Crippen molar-refractivity contribution in [1.29, 1.82) is 0 Å². The second-order valence-electron chi connectivity index (χ2n) is 6.72. The molecule has 9 heteroatoms. The molecule has 0 saturated carbocycles. The smallest absolute Gasteiger partial charge is 0.357 e. The van der Waals surface area contributed by atoms with Gasteiger partial charge in [0, 0.05) is 27.2 Å². The standard InChI is InChI=1S/C20H32F3N5O/c1-6-24-19(26-14-18(29)27(4)5)25-13-17(28(7-2)8-3)15-9-11-16(12-10-15)20(21,22)23/h9-12,17H,6-8,13-14H2,1-5H3,(H2,24,25,26). The summed E-state index contributed by atoms with van der Waals surface area (Å²) in [6.45, 7) is 8.51. The highest BCUT2D eigenvalue weighted by Gasteiger charge is 2.30. The lowest BCUT2D eigenvalue weighted by molar-refractivity contribution is -0.137. The summed E-state index contributed by atoms with van der Waals surface area (Å²) in [6, 6.07) is 5.13. The van der Waals surface area contributed by atoms with Gasteiger partial charge in [0.25, 0.3) is 0 Å². The molecule has 0 aliphatic rings. The minimum Gasteiger partial charge on any atom is -0.357 e. The van der Waals surface area contributed by atoms with Crippen LogP contribution in [0, 0.1) is 0 Å². The number of aliphatic imine (C=N–C) groups is 1. The predicted octanol–water partition coefficient (Wildman–Crippen LogP) is 2.73. The number of hydrogen-bond acceptors (Lipinski definition) is 3. The Morgan fingerprint density at radius 2 is 1.66 bits per heavy atom. The predicted molar refractivity (Wildman–Crippen MR) is 110 cm³/mol. The molecule has 29 heavy (non-hydrogen) atoms. The largest absolute Gasteiger partial charge is 0.416 e. The summed E-state index contributed by atoms with van der Waals surface area (Å²) in [5.74, 6) is 0.372. The second-order valence-corrected chi connectivity index (χ2v) is 6.72. The fourth-order valence-electron chi connectivity index (χ4n) is 2.84. The first-order chi connectivity index (χ1) is 13.6. The van der Waals surface area contributed by atoms with Crippen molar-refractivity contribution in [3.05, 3.63) is 35.4 Å². The van der Waals surface area contributed by atoms with E-state index in [0.717, 1.165) is 30.8 Å². The monoisotopic (exact) mass is 415 g/mol. The van der Waals surface area contributed by atoms with E-state index < -0.39 is 11.7 Å². The van der Waals surface area contributed by atoms with Gasteiger partial charge >= 0.3 is 6.18 Å². The Labute approximate surface area is 171 Å². The van der Waals surface area contributed by atoms with E-state index in [1.165, 1.54) is 17.0 Å². The lowest BCUT2D eigenvalue weighted by atomic mass is 10.0. The van der Waals surface area contributed by atoms with Crippen molar-refractivity contribution >= 4 is 11.9 Å². The normalized spacial score (nSPS) is 13.3. The molecule has 0 aliphatic heterocycles. The van der Waals surface area contributed by atoms with Crippen molar-refractivity contribution in [3.8, 4) is 0 Å². The molecule has 1 aromatic carbocycles. The molecule has 0 aromatic heterocycles. The van der Waals surface area contributed by atoms with Crippen LogP contribution in [0.1, 0.15) is 37.9 Å². The molecule has 1 unspecified atom stereocenters. The van der Waals surface area contributed by atoms with E-state index in [0.29, 0.717) is 19.0 Å². The third-order valence-electron chi connectivity index (χ3n) is 4.55. The van der Waals surface area contributed by atoms with Gasteiger partial charge in [-0.15, -0.1) is 0 Å². The molecule has 1 aromatic rings. The molecular formula is C20H32F3N5O. The lowest BCUT2D eigenvalue weighted by Crippen LogP contribution is -2.43. The van der Waals surface area contributed by atoms with Gasteiger partial charge in [0.1, 0.15) is 6.54 Å². The van der Waals surface area contributed by atoms with Gasteiger partial charge in [-0.25, -0.2) is 4.99 Å². The first-order valence-corrected chi connectivity index (χ1v) is 9.77. The summed E-state index contributed by atoms with van der Waals surface area (Å²) in [7, 11) is 3.33. The van der Waals surface area contributed by atoms with Crippen LogP contribution in [-0.4, -0.2) is 68.5 Å². The third kappa shape index (κ3) is 7.92. The highest BCUT2D eigenvalue weighted by Crippen LogP contribution is 2.30. The van der Waals surface area contributed by atoms with E-state index in [2.05, 4.69) is 20.5 Å². The maximum absolute atomic E-state index is 12.9. The van der Waals surface area contributed by atoms with E-state index in [9.17, 15) is 18.0 Å². The number of carbonyl (C=O) groups is 1. The zero-order chi connectivity index (χ0) is 22.0. The fraction of sp³-hybridized carbons (Fsp3) is 0.600. The summed E-state index contributed by atoms with van der Waals surface area (Å²) >= 11 is 0. The highest BCUT2D eigenvalue weighted by molar-refractivity contribution is 5.84. The Bertz CT molecular complexity index is 655. The van der Waals surface area contributed by atoms with E-state index in [1.54, 1.807) is 14.1 Å². The first-order valence-electron chi connectivity index (χ1n) is 9.77. The van der Waals surface area contributed by atoms with Crippen LogP contribution in [0.25, 0.3) is 0 Å². The molecular weight excluding hydrogens is 383 g/mol. The first kappa shape index (κ1) is 24.7. The quantitative estimate of drug-likeness (QED) is 0.481. The Balaban J connectivity index is 3.00. The van der Waals surface area contributed by atoms with Gasteiger partial charge in [-0.1, -0.05) is 26.0 Å². The number of rotatable bonds is 9. The van der Waals surface area contributed by atoms with Crippen molar-refractivity contribution < 1.29 is 18.0 Å². The number of amides is 1. The van der Waals surface area contributed by atoms with Crippen molar-refractivity contribution in [2.45, 2.75) is 33.0 Å². The average molecular weight is 416 g/mol. The molecule has 164 valence electrons. The van der Waals surface area contributed by atoms with Crippen LogP contribution >= 0.6 is 0 Å². The summed E-state index contributed by atoms with van der Waals surface area (Å²) in [5.41, 5.74) is 0.124. The van der Waals surface area contributed by atoms with E-state index >= 15 is 0 Å². The number of likely N-dealkylation sites (N-methyl/N-ethyl adjacent to an activating group) is 2. The number of carbonyl (C=O) groups excluding carboxylic acids is 1. The van der Waals surface area contributed by atoms with E-state index in [-0.39, 0.29) is 18.5 Å². The van der Waals surface area contributed by atoms with Gasteiger partial charge < -0.3 is 15.5 Å². The molecule has 0 radical (unpaired) electrons. The molecule has 0 spiro atoms. The Morgan fingerprint density at radius 1 is 1.07 bits per heavy atom. The Morgan fingerprint density at radius 3 is 2.10 bits per heavy atom. The second kappa shape index (κ2) is 11.6. The van der Waals surface area contributed by atoms with Crippen LogP contribution in [0.15, 0.2) is 29.3 Å². The zero-order valence-corrected chi connectivity index (χ0v) is 17.8. The van der Waals surface area contributed by atoms with Crippen LogP contribution in [0.3, 0.4) is 0 Å². The minimum atomic E-state index is -4.36. The number of guanidine groups is 1. The zero-order valence-electron chi connectivity index (χ0n) is 17.8. The number of halogens is 3. The SMILES string of the molecule is CCNC(=NCC(=O)N(C)C)NCC(c1ccc(C(F)(F)F)cc1)N(CC)CC. The molecule has 6 nitrogen and oxygen atoms in total. The van der Waals surface area contributed by atoms with Crippen LogP contribution in [-0.2, 0) is 11.0 Å². The van der Waals surface area contributed by atoms with Gasteiger partial charge in [-0.3, -0.25) is 9.69 Å². The minimum absolute atomic E-state index is 0.0124. The number of alkyl halides is 3. The Hall–Kier alpha value is -2.29. The number of hydrogen-bond donors (Lipinski definition) is 2. The summed E-state index contributed by atoms with van der Waals surface area (Å²) in [5, 5.41) is 6.30. The van der Waals surface area contributed by atoms with Crippen molar-refractivity contribution in [3.63, 3.8) is 0 Å². The van der Waals surface area contributed by atoms with Gasteiger partial charge in [-0.2, -0.15) is 13.2 Å². The lowest BCUT2D eigenvalue weighted by Gasteiger charge is -2.31. The number of benzene rings is 1. The van der Waals surface area contributed by atoms with E-state index in [4.69, 9.17) is 0 Å². The highest BCUT2D eigenvalue weighted by atomic mass is 19.4. The average Bonchev–Trinajstić information content (AvgIpc) is 2.68. The summed E-state index contributed by atoms with van der Waals surface area (Å²) in [4.78, 5) is 19.7. The summed E-state index contributed by atoms with van der Waals surface area (Å²) < 4.78 is 38.6. The molecule has 2 N–H and O–H groups in total. The fourth-order valence-corrected chi connectivity index (χ4v) is 2.84.